The Labute approximate surface area is 107 Å². The predicted octanol–water partition coefficient (Wildman–Crippen LogP) is -0.230. The summed E-state index contributed by atoms with van der Waals surface area (Å²) < 4.78 is 5.06. The SMILES string of the molecule is CCc1c(NN)ncnc1N(CCO)CCOC. The number of nitrogens with zero attached hydrogens (tertiary/aromatic N) is 3. The smallest absolute Gasteiger partial charge is 0.148 e. The molecule has 1 rings (SSSR count). The highest BCUT2D eigenvalue weighted by Gasteiger charge is 2.15. The lowest BCUT2D eigenvalue weighted by Gasteiger charge is -2.25. The Balaban J connectivity index is 3.01. The average molecular weight is 255 g/mol. The second-order valence-electron chi connectivity index (χ2n) is 3.73. The van der Waals surface area contributed by atoms with Gasteiger partial charge in [0.25, 0.3) is 0 Å². The van der Waals surface area contributed by atoms with Gasteiger partial charge in [-0.25, -0.2) is 15.8 Å². The van der Waals surface area contributed by atoms with Crippen molar-refractivity contribution in [3.63, 3.8) is 0 Å². The molecule has 1 aromatic heterocycles. The highest BCUT2D eigenvalue weighted by molar-refractivity contribution is 5.58. The number of nitrogen functional groups attached to an aromatic ring is 1. The standard InChI is InChI=1S/C11H21N5O2/c1-3-9-10(15-12)13-8-14-11(9)16(4-6-17)5-7-18-2/h8,17H,3-7,12H2,1-2H3,(H,13,14,15). The van der Waals surface area contributed by atoms with Crippen LogP contribution in [0.5, 0.6) is 0 Å². The Kier molecular flexibility index (Phi) is 6.34. The van der Waals surface area contributed by atoms with Crippen molar-refractivity contribution in [3.05, 3.63) is 11.9 Å². The van der Waals surface area contributed by atoms with Gasteiger partial charge in [0, 0.05) is 25.8 Å². The molecule has 7 nitrogen and oxygen atoms in total. The summed E-state index contributed by atoms with van der Waals surface area (Å²) in [6.45, 7) is 3.79. The summed E-state index contributed by atoms with van der Waals surface area (Å²) in [5.74, 6) is 6.83. The van der Waals surface area contributed by atoms with E-state index in [1.165, 1.54) is 6.33 Å². The van der Waals surface area contributed by atoms with Crippen molar-refractivity contribution in [3.8, 4) is 0 Å². The lowest BCUT2D eigenvalue weighted by Crippen LogP contribution is -2.32. The van der Waals surface area contributed by atoms with E-state index in [1.807, 2.05) is 11.8 Å². The van der Waals surface area contributed by atoms with E-state index in [-0.39, 0.29) is 6.61 Å². The van der Waals surface area contributed by atoms with Crippen molar-refractivity contribution >= 4 is 11.6 Å². The summed E-state index contributed by atoms with van der Waals surface area (Å²) >= 11 is 0. The van der Waals surface area contributed by atoms with Crippen LogP contribution in [0.25, 0.3) is 0 Å². The van der Waals surface area contributed by atoms with Crippen LogP contribution in [-0.2, 0) is 11.2 Å². The van der Waals surface area contributed by atoms with E-state index in [4.69, 9.17) is 15.7 Å². The molecule has 18 heavy (non-hydrogen) atoms. The number of aliphatic hydroxyl groups is 1. The maximum Gasteiger partial charge on any atom is 0.148 e. The molecule has 0 amide bonds. The van der Waals surface area contributed by atoms with Crippen LogP contribution < -0.4 is 16.2 Å². The molecule has 0 aliphatic heterocycles. The van der Waals surface area contributed by atoms with Gasteiger partial charge in [-0.2, -0.15) is 0 Å². The first-order chi connectivity index (χ1) is 8.78. The number of anilines is 2. The van der Waals surface area contributed by atoms with Gasteiger partial charge >= 0.3 is 0 Å². The highest BCUT2D eigenvalue weighted by Crippen LogP contribution is 2.23. The molecule has 0 bridgehead atoms. The number of aromatic nitrogens is 2. The Morgan fingerprint density at radius 3 is 2.78 bits per heavy atom. The molecular formula is C11H21N5O2. The fourth-order valence-corrected chi connectivity index (χ4v) is 1.77. The van der Waals surface area contributed by atoms with E-state index < -0.39 is 0 Å². The quantitative estimate of drug-likeness (QED) is 0.436. The van der Waals surface area contributed by atoms with Gasteiger partial charge in [0.2, 0.25) is 0 Å². The van der Waals surface area contributed by atoms with E-state index >= 15 is 0 Å². The summed E-state index contributed by atoms with van der Waals surface area (Å²) in [4.78, 5) is 10.3. The molecule has 4 N–H and O–H groups in total. The first-order valence-electron chi connectivity index (χ1n) is 5.93. The van der Waals surface area contributed by atoms with E-state index in [1.54, 1.807) is 7.11 Å². The number of rotatable bonds is 8. The van der Waals surface area contributed by atoms with Gasteiger partial charge in [-0.1, -0.05) is 6.92 Å². The molecule has 102 valence electrons. The molecule has 0 fully saturated rings. The van der Waals surface area contributed by atoms with Crippen LogP contribution in [-0.4, -0.2) is 48.5 Å². The second kappa shape index (κ2) is 7.80. The van der Waals surface area contributed by atoms with Crippen molar-refractivity contribution in [2.45, 2.75) is 13.3 Å². The molecule has 7 heteroatoms. The number of hydrogen-bond acceptors (Lipinski definition) is 7. The fraction of sp³-hybridized carbons (Fsp3) is 0.636. The summed E-state index contributed by atoms with van der Waals surface area (Å²) in [7, 11) is 1.64. The molecule has 1 heterocycles. The van der Waals surface area contributed by atoms with Crippen LogP contribution in [0.4, 0.5) is 11.6 Å². The van der Waals surface area contributed by atoms with Crippen molar-refractivity contribution in [2.75, 3.05) is 43.7 Å². The van der Waals surface area contributed by atoms with E-state index in [0.717, 1.165) is 17.8 Å². The summed E-state index contributed by atoms with van der Waals surface area (Å²) in [5.41, 5.74) is 3.50. The van der Waals surface area contributed by atoms with Crippen LogP contribution >= 0.6 is 0 Å². The van der Waals surface area contributed by atoms with Gasteiger partial charge in [0.1, 0.15) is 18.0 Å². The Hall–Kier alpha value is -1.44. The van der Waals surface area contributed by atoms with Gasteiger partial charge in [-0.3, -0.25) is 0 Å². The molecule has 0 aliphatic carbocycles. The normalized spacial score (nSPS) is 10.4. The first-order valence-corrected chi connectivity index (χ1v) is 5.93. The minimum Gasteiger partial charge on any atom is -0.395 e. The number of nitrogens with two attached hydrogens (primary N) is 1. The van der Waals surface area contributed by atoms with Crippen LogP contribution in [0.3, 0.4) is 0 Å². The van der Waals surface area contributed by atoms with Crippen molar-refractivity contribution in [2.24, 2.45) is 5.84 Å². The molecule has 0 aromatic carbocycles. The Bertz CT molecular complexity index is 361. The molecule has 0 saturated carbocycles. The fourth-order valence-electron chi connectivity index (χ4n) is 1.77. The maximum absolute atomic E-state index is 9.12. The summed E-state index contributed by atoms with van der Waals surface area (Å²) in [6.07, 6.45) is 2.21. The van der Waals surface area contributed by atoms with E-state index in [0.29, 0.717) is 25.5 Å². The summed E-state index contributed by atoms with van der Waals surface area (Å²) in [5, 5.41) is 9.12. The van der Waals surface area contributed by atoms with E-state index in [9.17, 15) is 0 Å². The third-order valence-corrected chi connectivity index (χ3v) is 2.65. The lowest BCUT2D eigenvalue weighted by molar-refractivity contribution is 0.202. The Morgan fingerprint density at radius 2 is 2.22 bits per heavy atom. The zero-order chi connectivity index (χ0) is 13.4. The van der Waals surface area contributed by atoms with Gasteiger partial charge < -0.3 is 20.2 Å². The third kappa shape index (κ3) is 3.52. The largest absolute Gasteiger partial charge is 0.395 e. The molecule has 0 radical (unpaired) electrons. The first kappa shape index (κ1) is 14.6. The average Bonchev–Trinajstić information content (AvgIpc) is 2.42. The molecule has 1 aromatic rings. The topological polar surface area (TPSA) is 96.5 Å². The molecule has 0 spiro atoms. The minimum absolute atomic E-state index is 0.0578. The number of aliphatic hydroxyl groups excluding tert-OH is 1. The number of hydrogen-bond donors (Lipinski definition) is 3. The molecule has 0 saturated heterocycles. The summed E-state index contributed by atoms with van der Waals surface area (Å²) in [6, 6.07) is 0. The highest BCUT2D eigenvalue weighted by atomic mass is 16.5. The van der Waals surface area contributed by atoms with Gasteiger partial charge in [-0.15, -0.1) is 0 Å². The molecular weight excluding hydrogens is 234 g/mol. The lowest BCUT2D eigenvalue weighted by atomic mass is 10.2. The van der Waals surface area contributed by atoms with Crippen LogP contribution in [0.1, 0.15) is 12.5 Å². The van der Waals surface area contributed by atoms with Crippen molar-refractivity contribution in [1.82, 2.24) is 9.97 Å². The third-order valence-electron chi connectivity index (χ3n) is 2.65. The molecule has 0 atom stereocenters. The monoisotopic (exact) mass is 255 g/mol. The second-order valence-corrected chi connectivity index (χ2v) is 3.73. The zero-order valence-corrected chi connectivity index (χ0v) is 10.9. The van der Waals surface area contributed by atoms with Crippen LogP contribution in [0, 0.1) is 0 Å². The van der Waals surface area contributed by atoms with E-state index in [2.05, 4.69) is 15.4 Å². The Morgan fingerprint density at radius 1 is 1.44 bits per heavy atom. The number of nitrogens with one attached hydrogen (secondary N) is 1. The molecule has 0 aliphatic rings. The number of hydrazine groups is 1. The van der Waals surface area contributed by atoms with Gasteiger partial charge in [-0.05, 0) is 6.42 Å². The zero-order valence-electron chi connectivity index (χ0n) is 10.9. The maximum atomic E-state index is 9.12. The van der Waals surface area contributed by atoms with Crippen molar-refractivity contribution < 1.29 is 9.84 Å². The number of ether oxygens (including phenoxy) is 1. The van der Waals surface area contributed by atoms with Gasteiger partial charge in [0.15, 0.2) is 0 Å². The van der Waals surface area contributed by atoms with Crippen molar-refractivity contribution in [1.29, 1.82) is 0 Å². The predicted molar refractivity (Wildman–Crippen MR) is 70.4 cm³/mol. The van der Waals surface area contributed by atoms with Crippen LogP contribution in [0.15, 0.2) is 6.33 Å². The van der Waals surface area contributed by atoms with Gasteiger partial charge in [0.05, 0.1) is 13.2 Å². The minimum atomic E-state index is 0.0578. The molecule has 0 unspecified atom stereocenters. The van der Waals surface area contributed by atoms with Crippen LogP contribution in [0.2, 0.25) is 0 Å². The number of methoxy groups -OCH3 is 1.